The maximum atomic E-state index is 6.07. The number of likely N-dealkylation sites (tertiary alicyclic amines) is 1. The highest BCUT2D eigenvalue weighted by molar-refractivity contribution is 6.32. The predicted molar refractivity (Wildman–Crippen MR) is 75.3 cm³/mol. The number of nitrogens with zero attached hydrogens (tertiary/aromatic N) is 3. The van der Waals surface area contributed by atoms with Crippen LogP contribution in [0.3, 0.4) is 0 Å². The molecular weight excluding hydrogens is 250 g/mol. The second kappa shape index (κ2) is 6.20. The fraction of sp³-hybridized carbons (Fsp3) is 0.667. The van der Waals surface area contributed by atoms with Crippen LogP contribution in [0.2, 0.25) is 5.02 Å². The summed E-state index contributed by atoms with van der Waals surface area (Å²) in [6.07, 6.45) is 4.15. The summed E-state index contributed by atoms with van der Waals surface area (Å²) in [5.41, 5.74) is 0. The van der Waals surface area contributed by atoms with E-state index in [0.717, 1.165) is 13.1 Å². The van der Waals surface area contributed by atoms with Gasteiger partial charge in [0.1, 0.15) is 10.8 Å². The third kappa shape index (κ3) is 3.46. The van der Waals surface area contributed by atoms with Crippen LogP contribution in [-0.4, -0.2) is 48.6 Å². The number of aromatic nitrogens is 2. The molecule has 2 N–H and O–H groups in total. The first-order chi connectivity index (χ1) is 8.69. The van der Waals surface area contributed by atoms with Crippen molar-refractivity contribution in [2.45, 2.75) is 12.8 Å². The Kier molecular flexibility index (Phi) is 4.60. The minimum absolute atomic E-state index is 0.568. The molecule has 0 aromatic carbocycles. The van der Waals surface area contributed by atoms with Crippen LogP contribution >= 0.6 is 11.6 Å². The fourth-order valence-corrected chi connectivity index (χ4v) is 2.45. The Morgan fingerprint density at radius 2 is 2.39 bits per heavy atom. The molecule has 0 radical (unpaired) electrons. The predicted octanol–water partition coefficient (Wildman–Crippen LogP) is 1.93. The van der Waals surface area contributed by atoms with Crippen LogP contribution in [0.25, 0.3) is 0 Å². The zero-order valence-corrected chi connectivity index (χ0v) is 11.7. The van der Waals surface area contributed by atoms with Crippen molar-refractivity contribution in [3.8, 4) is 0 Å². The van der Waals surface area contributed by atoms with Crippen molar-refractivity contribution in [1.82, 2.24) is 14.9 Å². The molecule has 0 amide bonds. The first-order valence-electron chi connectivity index (χ1n) is 6.31. The molecule has 1 aliphatic rings. The molecule has 2 heterocycles. The monoisotopic (exact) mass is 269 g/mol. The van der Waals surface area contributed by atoms with Crippen molar-refractivity contribution in [2.24, 2.45) is 5.92 Å². The average molecular weight is 270 g/mol. The normalized spacial score (nSPS) is 20.7. The van der Waals surface area contributed by atoms with Crippen molar-refractivity contribution in [1.29, 1.82) is 0 Å². The van der Waals surface area contributed by atoms with Gasteiger partial charge < -0.3 is 15.5 Å². The summed E-state index contributed by atoms with van der Waals surface area (Å²) in [4.78, 5) is 10.7. The molecule has 18 heavy (non-hydrogen) atoms. The smallest absolute Gasteiger partial charge is 0.224 e. The third-order valence-electron chi connectivity index (χ3n) is 3.25. The lowest BCUT2D eigenvalue weighted by Gasteiger charge is -2.29. The van der Waals surface area contributed by atoms with Crippen LogP contribution in [0.1, 0.15) is 12.8 Å². The fourth-order valence-electron chi connectivity index (χ4n) is 2.29. The molecule has 2 rings (SSSR count). The van der Waals surface area contributed by atoms with E-state index >= 15 is 0 Å². The van der Waals surface area contributed by atoms with Crippen molar-refractivity contribution in [3.63, 3.8) is 0 Å². The number of halogens is 1. The number of nitrogens with one attached hydrogen (secondary N) is 2. The van der Waals surface area contributed by atoms with E-state index in [0.29, 0.717) is 22.7 Å². The van der Waals surface area contributed by atoms with Gasteiger partial charge in [0.15, 0.2) is 0 Å². The lowest BCUT2D eigenvalue weighted by atomic mass is 9.98. The van der Waals surface area contributed by atoms with E-state index in [2.05, 4.69) is 32.5 Å². The molecule has 0 spiro atoms. The number of anilines is 2. The first-order valence-corrected chi connectivity index (χ1v) is 6.69. The van der Waals surface area contributed by atoms with Crippen LogP contribution in [-0.2, 0) is 0 Å². The van der Waals surface area contributed by atoms with Crippen molar-refractivity contribution in [2.75, 3.05) is 44.4 Å². The molecule has 1 atom stereocenters. The van der Waals surface area contributed by atoms with Gasteiger partial charge in [0.2, 0.25) is 5.95 Å². The molecule has 5 nitrogen and oxygen atoms in total. The molecule has 0 saturated carbocycles. The van der Waals surface area contributed by atoms with E-state index in [1.165, 1.54) is 19.4 Å². The van der Waals surface area contributed by atoms with Crippen LogP contribution < -0.4 is 10.6 Å². The molecule has 1 fully saturated rings. The Hall–Kier alpha value is -1.07. The maximum absolute atomic E-state index is 6.07. The summed E-state index contributed by atoms with van der Waals surface area (Å²) in [7, 11) is 3.96. The Morgan fingerprint density at radius 1 is 1.56 bits per heavy atom. The van der Waals surface area contributed by atoms with E-state index < -0.39 is 0 Å². The quantitative estimate of drug-likeness (QED) is 0.875. The van der Waals surface area contributed by atoms with Gasteiger partial charge in [-0.25, -0.2) is 4.98 Å². The molecule has 0 bridgehead atoms. The van der Waals surface area contributed by atoms with E-state index in [9.17, 15) is 0 Å². The van der Waals surface area contributed by atoms with E-state index in [1.807, 2.05) is 0 Å². The lowest BCUT2D eigenvalue weighted by molar-refractivity contribution is 0.217. The average Bonchev–Trinajstić information content (AvgIpc) is 2.38. The summed E-state index contributed by atoms with van der Waals surface area (Å²) in [6, 6.07) is 0. The maximum Gasteiger partial charge on any atom is 0.224 e. The number of hydrogen-bond acceptors (Lipinski definition) is 5. The molecule has 1 aliphatic heterocycles. The molecule has 100 valence electrons. The minimum atomic E-state index is 0.568. The highest BCUT2D eigenvalue weighted by Gasteiger charge is 2.17. The first kappa shape index (κ1) is 13.4. The summed E-state index contributed by atoms with van der Waals surface area (Å²) >= 11 is 6.07. The molecule has 1 aromatic rings. The number of rotatable bonds is 4. The van der Waals surface area contributed by atoms with Gasteiger partial charge in [0.25, 0.3) is 0 Å². The summed E-state index contributed by atoms with van der Waals surface area (Å²) in [5, 5.41) is 6.81. The zero-order chi connectivity index (χ0) is 13.0. The van der Waals surface area contributed by atoms with Gasteiger partial charge >= 0.3 is 0 Å². The van der Waals surface area contributed by atoms with E-state index in [1.54, 1.807) is 13.2 Å². The summed E-state index contributed by atoms with van der Waals surface area (Å²) < 4.78 is 0. The van der Waals surface area contributed by atoms with E-state index in [-0.39, 0.29) is 0 Å². The number of hydrogen-bond donors (Lipinski definition) is 2. The molecule has 1 saturated heterocycles. The summed E-state index contributed by atoms with van der Waals surface area (Å²) in [6.45, 7) is 3.24. The van der Waals surface area contributed by atoms with Crippen LogP contribution in [0.5, 0.6) is 0 Å². The van der Waals surface area contributed by atoms with Gasteiger partial charge in [0, 0.05) is 20.1 Å². The largest absolute Gasteiger partial charge is 0.368 e. The van der Waals surface area contributed by atoms with Gasteiger partial charge in [0.05, 0.1) is 6.20 Å². The van der Waals surface area contributed by atoms with Crippen molar-refractivity contribution >= 4 is 23.4 Å². The Morgan fingerprint density at radius 3 is 3.11 bits per heavy atom. The standard InChI is InChI=1S/C12H20ClN5/c1-14-12-16-7-10(13)11(17-12)15-6-9-4-3-5-18(2)8-9/h7,9H,3-6,8H2,1-2H3,(H2,14,15,16,17). The van der Waals surface area contributed by atoms with Gasteiger partial charge in [-0.05, 0) is 32.4 Å². The SMILES string of the molecule is CNc1ncc(Cl)c(NCC2CCCN(C)C2)n1. The van der Waals surface area contributed by atoms with E-state index in [4.69, 9.17) is 11.6 Å². The Bertz CT molecular complexity index is 398. The van der Waals surface area contributed by atoms with Gasteiger partial charge in [-0.1, -0.05) is 11.6 Å². The van der Waals surface area contributed by atoms with Crippen molar-refractivity contribution in [3.05, 3.63) is 11.2 Å². The lowest BCUT2D eigenvalue weighted by Crippen LogP contribution is -2.35. The van der Waals surface area contributed by atoms with Crippen molar-refractivity contribution < 1.29 is 0 Å². The molecule has 0 aliphatic carbocycles. The molecule has 6 heteroatoms. The van der Waals surface area contributed by atoms with Gasteiger partial charge in [-0.2, -0.15) is 4.98 Å². The van der Waals surface area contributed by atoms with Gasteiger partial charge in [-0.15, -0.1) is 0 Å². The summed E-state index contributed by atoms with van der Waals surface area (Å²) in [5.74, 6) is 1.96. The van der Waals surface area contributed by atoms with Gasteiger partial charge in [-0.3, -0.25) is 0 Å². The van der Waals surface area contributed by atoms with Crippen LogP contribution in [0.15, 0.2) is 6.20 Å². The second-order valence-electron chi connectivity index (χ2n) is 4.79. The highest BCUT2D eigenvalue weighted by atomic mass is 35.5. The second-order valence-corrected chi connectivity index (χ2v) is 5.20. The Balaban J connectivity index is 1.92. The van der Waals surface area contributed by atoms with Crippen LogP contribution in [0.4, 0.5) is 11.8 Å². The highest BCUT2D eigenvalue weighted by Crippen LogP contribution is 2.21. The minimum Gasteiger partial charge on any atom is -0.368 e. The molecular formula is C12H20ClN5. The zero-order valence-electron chi connectivity index (χ0n) is 10.9. The molecule has 1 aromatic heterocycles. The van der Waals surface area contributed by atoms with Crippen LogP contribution in [0, 0.1) is 5.92 Å². The topological polar surface area (TPSA) is 53.1 Å². The Labute approximate surface area is 113 Å². The third-order valence-corrected chi connectivity index (χ3v) is 3.52. The molecule has 1 unspecified atom stereocenters. The number of piperidine rings is 1.